The Kier molecular flexibility index (Phi) is 3.73. The van der Waals surface area contributed by atoms with Crippen molar-refractivity contribution >= 4 is 17.4 Å². The number of anilines is 2. The van der Waals surface area contributed by atoms with Gasteiger partial charge in [-0.05, 0) is 43.4 Å². The first-order valence-corrected chi connectivity index (χ1v) is 8.30. The third-order valence-corrected chi connectivity index (χ3v) is 4.52. The van der Waals surface area contributed by atoms with Gasteiger partial charge in [-0.2, -0.15) is 5.10 Å². The Bertz CT molecular complexity index is 689. The van der Waals surface area contributed by atoms with Crippen LogP contribution < -0.4 is 10.2 Å². The zero-order chi connectivity index (χ0) is 15.6. The quantitative estimate of drug-likeness (QED) is 0.890. The van der Waals surface area contributed by atoms with Gasteiger partial charge in [0, 0.05) is 25.7 Å². The lowest BCUT2D eigenvalue weighted by Crippen LogP contribution is -2.23. The summed E-state index contributed by atoms with van der Waals surface area (Å²) in [5.74, 6) is 1.82. The highest BCUT2D eigenvalue weighted by Gasteiger charge is 2.23. The van der Waals surface area contributed by atoms with Crippen LogP contribution in [0.4, 0.5) is 11.5 Å². The van der Waals surface area contributed by atoms with E-state index in [4.69, 9.17) is 0 Å². The molecule has 120 valence electrons. The van der Waals surface area contributed by atoms with Crippen LogP contribution in [-0.2, 0) is 17.9 Å². The number of nitrogens with zero attached hydrogens (tertiary/aromatic N) is 4. The fourth-order valence-corrected chi connectivity index (χ4v) is 2.97. The Morgan fingerprint density at radius 3 is 2.87 bits per heavy atom. The molecular formula is C17H21N5O. The number of rotatable bonds is 6. The molecule has 2 aromatic rings. The SMILES string of the molecule is O=C1CCCN1c1ccc(NCc2ccnn2CC2CC2)nc1. The smallest absolute Gasteiger partial charge is 0.227 e. The molecule has 0 spiro atoms. The predicted octanol–water partition coefficient (Wildman–Crippen LogP) is 2.43. The minimum atomic E-state index is 0.191. The van der Waals surface area contributed by atoms with Crippen LogP contribution in [0.2, 0.25) is 0 Å². The summed E-state index contributed by atoms with van der Waals surface area (Å²) in [7, 11) is 0. The van der Waals surface area contributed by atoms with Crippen LogP contribution >= 0.6 is 0 Å². The first-order valence-electron chi connectivity index (χ1n) is 8.30. The van der Waals surface area contributed by atoms with Gasteiger partial charge in [0.05, 0.1) is 24.1 Å². The van der Waals surface area contributed by atoms with Crippen molar-refractivity contribution in [2.45, 2.75) is 38.8 Å². The fourth-order valence-electron chi connectivity index (χ4n) is 2.97. The van der Waals surface area contributed by atoms with Gasteiger partial charge < -0.3 is 10.2 Å². The molecule has 0 aromatic carbocycles. The van der Waals surface area contributed by atoms with E-state index in [-0.39, 0.29) is 5.91 Å². The maximum Gasteiger partial charge on any atom is 0.227 e. The van der Waals surface area contributed by atoms with Crippen LogP contribution in [0.1, 0.15) is 31.4 Å². The summed E-state index contributed by atoms with van der Waals surface area (Å²) in [5.41, 5.74) is 2.06. The van der Waals surface area contributed by atoms with Gasteiger partial charge in [0.25, 0.3) is 0 Å². The second kappa shape index (κ2) is 6.02. The highest BCUT2D eigenvalue weighted by molar-refractivity contribution is 5.95. The average molecular weight is 311 g/mol. The number of pyridine rings is 1. The van der Waals surface area contributed by atoms with Crippen LogP contribution in [0, 0.1) is 5.92 Å². The maximum absolute atomic E-state index is 11.7. The molecule has 3 heterocycles. The first kappa shape index (κ1) is 14.2. The van der Waals surface area contributed by atoms with Crippen molar-refractivity contribution in [1.82, 2.24) is 14.8 Å². The third-order valence-electron chi connectivity index (χ3n) is 4.52. The number of hydrogen-bond acceptors (Lipinski definition) is 4. The molecule has 1 saturated carbocycles. The van der Waals surface area contributed by atoms with Gasteiger partial charge >= 0.3 is 0 Å². The summed E-state index contributed by atoms with van der Waals surface area (Å²) < 4.78 is 2.09. The molecule has 1 amide bonds. The average Bonchev–Trinajstić information content (AvgIpc) is 3.10. The highest BCUT2D eigenvalue weighted by Crippen LogP contribution is 2.30. The second-order valence-corrected chi connectivity index (χ2v) is 6.35. The monoisotopic (exact) mass is 311 g/mol. The highest BCUT2D eigenvalue weighted by atomic mass is 16.2. The Morgan fingerprint density at radius 1 is 1.26 bits per heavy atom. The summed E-state index contributed by atoms with van der Waals surface area (Å²) >= 11 is 0. The van der Waals surface area contributed by atoms with Gasteiger partial charge in [-0.15, -0.1) is 0 Å². The Morgan fingerprint density at radius 2 is 2.17 bits per heavy atom. The Labute approximate surface area is 135 Å². The molecule has 0 radical (unpaired) electrons. The van der Waals surface area contributed by atoms with Crippen LogP contribution in [0.5, 0.6) is 0 Å². The van der Waals surface area contributed by atoms with Crippen molar-refractivity contribution in [2.24, 2.45) is 5.92 Å². The van der Waals surface area contributed by atoms with E-state index in [1.165, 1.54) is 18.5 Å². The number of amides is 1. The minimum absolute atomic E-state index is 0.191. The summed E-state index contributed by atoms with van der Waals surface area (Å²) in [6.45, 7) is 2.53. The number of aromatic nitrogens is 3. The number of nitrogens with one attached hydrogen (secondary N) is 1. The molecule has 2 fully saturated rings. The molecule has 23 heavy (non-hydrogen) atoms. The molecule has 2 aliphatic rings. The van der Waals surface area contributed by atoms with Crippen LogP contribution in [0.25, 0.3) is 0 Å². The molecule has 0 bridgehead atoms. The first-order chi connectivity index (χ1) is 11.3. The summed E-state index contributed by atoms with van der Waals surface area (Å²) in [4.78, 5) is 18.0. The van der Waals surface area contributed by atoms with E-state index in [2.05, 4.69) is 20.1 Å². The van der Waals surface area contributed by atoms with E-state index in [1.54, 1.807) is 6.20 Å². The Balaban J connectivity index is 1.37. The van der Waals surface area contributed by atoms with Gasteiger partial charge in [-0.1, -0.05) is 0 Å². The number of carbonyl (C=O) groups excluding carboxylic acids is 1. The molecule has 6 nitrogen and oxygen atoms in total. The van der Waals surface area contributed by atoms with E-state index in [1.807, 2.05) is 29.3 Å². The van der Waals surface area contributed by atoms with Crippen LogP contribution in [0.15, 0.2) is 30.6 Å². The van der Waals surface area contributed by atoms with Crippen LogP contribution in [0.3, 0.4) is 0 Å². The van der Waals surface area contributed by atoms with E-state index in [0.29, 0.717) is 13.0 Å². The van der Waals surface area contributed by atoms with E-state index in [9.17, 15) is 4.79 Å². The molecule has 1 aliphatic carbocycles. The molecule has 1 N–H and O–H groups in total. The lowest BCUT2D eigenvalue weighted by Gasteiger charge is -2.15. The van der Waals surface area contributed by atoms with Crippen molar-refractivity contribution in [3.8, 4) is 0 Å². The van der Waals surface area contributed by atoms with Gasteiger partial charge in [-0.3, -0.25) is 9.48 Å². The van der Waals surface area contributed by atoms with Gasteiger partial charge in [-0.25, -0.2) is 4.98 Å². The normalized spacial score (nSPS) is 17.7. The van der Waals surface area contributed by atoms with Gasteiger partial charge in [0.15, 0.2) is 0 Å². The van der Waals surface area contributed by atoms with Crippen molar-refractivity contribution < 1.29 is 4.79 Å². The van der Waals surface area contributed by atoms with E-state index < -0.39 is 0 Å². The molecule has 2 aromatic heterocycles. The zero-order valence-corrected chi connectivity index (χ0v) is 13.1. The molecule has 6 heteroatoms. The molecule has 4 rings (SSSR count). The topological polar surface area (TPSA) is 63.1 Å². The van der Waals surface area contributed by atoms with Gasteiger partial charge in [0.2, 0.25) is 5.91 Å². The summed E-state index contributed by atoms with van der Waals surface area (Å²) in [6, 6.07) is 5.94. The van der Waals surface area contributed by atoms with Crippen molar-refractivity contribution in [2.75, 3.05) is 16.8 Å². The summed E-state index contributed by atoms with van der Waals surface area (Å²) in [5, 5.41) is 7.73. The van der Waals surface area contributed by atoms with Crippen molar-refractivity contribution in [3.05, 3.63) is 36.3 Å². The van der Waals surface area contributed by atoms with Crippen molar-refractivity contribution in [1.29, 1.82) is 0 Å². The lowest BCUT2D eigenvalue weighted by atomic mass is 10.3. The zero-order valence-electron chi connectivity index (χ0n) is 13.1. The van der Waals surface area contributed by atoms with E-state index >= 15 is 0 Å². The second-order valence-electron chi connectivity index (χ2n) is 6.35. The number of hydrogen-bond donors (Lipinski definition) is 1. The molecular weight excluding hydrogens is 290 g/mol. The third kappa shape index (κ3) is 3.21. The molecule has 0 atom stereocenters. The molecule has 0 unspecified atom stereocenters. The maximum atomic E-state index is 11.7. The van der Waals surface area contributed by atoms with Crippen LogP contribution in [-0.4, -0.2) is 27.2 Å². The molecule has 1 aliphatic heterocycles. The Hall–Kier alpha value is -2.37. The standard InChI is InChI=1S/C17H21N5O/c23-17-2-1-9-21(17)14-5-6-16(18-10-14)19-11-15-7-8-20-22(15)12-13-3-4-13/h5-8,10,13H,1-4,9,11-12H2,(H,18,19). The van der Waals surface area contributed by atoms with E-state index in [0.717, 1.165) is 36.9 Å². The number of carbonyl (C=O) groups is 1. The lowest BCUT2D eigenvalue weighted by molar-refractivity contribution is -0.117. The molecule has 1 saturated heterocycles. The summed E-state index contributed by atoms with van der Waals surface area (Å²) in [6.07, 6.45) is 7.85. The fraction of sp³-hybridized carbons (Fsp3) is 0.471. The van der Waals surface area contributed by atoms with Gasteiger partial charge in [0.1, 0.15) is 5.82 Å². The minimum Gasteiger partial charge on any atom is -0.364 e. The van der Waals surface area contributed by atoms with Crippen molar-refractivity contribution in [3.63, 3.8) is 0 Å². The predicted molar refractivity (Wildman–Crippen MR) is 88.1 cm³/mol. The largest absolute Gasteiger partial charge is 0.364 e.